The molecule has 1 aromatic heterocycles. The van der Waals surface area contributed by atoms with Crippen molar-refractivity contribution in [3.63, 3.8) is 0 Å². The lowest BCUT2D eigenvalue weighted by Crippen LogP contribution is -2.10. The van der Waals surface area contributed by atoms with Crippen LogP contribution in [0.2, 0.25) is 0 Å². The highest BCUT2D eigenvalue weighted by Crippen LogP contribution is 2.07. The summed E-state index contributed by atoms with van der Waals surface area (Å²) in [6.07, 6.45) is 2.45. The predicted molar refractivity (Wildman–Crippen MR) is 41.6 cm³/mol. The van der Waals surface area contributed by atoms with Crippen molar-refractivity contribution >= 4 is 15.8 Å². The van der Waals surface area contributed by atoms with Gasteiger partial charge in [-0.3, -0.25) is 0 Å². The first-order valence-corrected chi connectivity index (χ1v) is 4.78. The molecule has 0 aliphatic carbocycles. The van der Waals surface area contributed by atoms with Crippen LogP contribution in [-0.2, 0) is 10.0 Å². The lowest BCUT2D eigenvalue weighted by Gasteiger charge is -1.93. The molecule has 0 bridgehead atoms. The van der Waals surface area contributed by atoms with Crippen molar-refractivity contribution in [2.24, 2.45) is 0 Å². The van der Waals surface area contributed by atoms with Crippen molar-refractivity contribution in [1.82, 2.24) is 9.19 Å². The van der Waals surface area contributed by atoms with Crippen LogP contribution in [0.5, 0.6) is 0 Å². The molecule has 5 nitrogen and oxygen atoms in total. The summed E-state index contributed by atoms with van der Waals surface area (Å²) in [6.45, 7) is 1.70. The Balaban J connectivity index is 3.29. The Morgan fingerprint density at radius 1 is 1.64 bits per heavy atom. The van der Waals surface area contributed by atoms with Gasteiger partial charge in [-0.2, -0.15) is 4.09 Å². The number of anilines is 1. The number of nitrogens with two attached hydrogens (primary N) is 1. The number of aromatic nitrogens is 2. The van der Waals surface area contributed by atoms with Crippen LogP contribution in [0.4, 0.5) is 5.82 Å². The van der Waals surface area contributed by atoms with E-state index in [0.717, 1.165) is 10.3 Å². The number of hydrogen-bond acceptors (Lipinski definition) is 4. The Morgan fingerprint density at radius 3 is 2.36 bits per heavy atom. The van der Waals surface area contributed by atoms with Gasteiger partial charge in [0, 0.05) is 11.8 Å². The van der Waals surface area contributed by atoms with Crippen molar-refractivity contribution in [2.45, 2.75) is 6.92 Å². The highest BCUT2D eigenvalue weighted by Gasteiger charge is 2.08. The van der Waals surface area contributed by atoms with E-state index in [4.69, 9.17) is 5.73 Å². The first kappa shape index (κ1) is 8.06. The third-order valence-corrected chi connectivity index (χ3v) is 2.12. The van der Waals surface area contributed by atoms with Gasteiger partial charge in [-0.05, 0) is 6.92 Å². The van der Waals surface area contributed by atoms with Crippen LogP contribution in [0.1, 0.15) is 5.56 Å². The molecular weight excluding hydrogens is 166 g/mol. The maximum Gasteiger partial charge on any atom is 0.250 e. The highest BCUT2D eigenvalue weighted by atomic mass is 32.2. The minimum Gasteiger partial charge on any atom is -0.382 e. The van der Waals surface area contributed by atoms with Crippen LogP contribution in [0.3, 0.4) is 0 Å². The van der Waals surface area contributed by atoms with E-state index in [0.29, 0.717) is 5.56 Å². The van der Waals surface area contributed by atoms with Gasteiger partial charge in [-0.25, -0.2) is 8.42 Å². The zero-order valence-electron chi connectivity index (χ0n) is 6.27. The molecule has 1 heterocycles. The number of aryl methyl sites for hydroxylation is 1. The molecule has 6 heteroatoms. The van der Waals surface area contributed by atoms with Gasteiger partial charge in [0.2, 0.25) is 0 Å². The first-order valence-electron chi connectivity index (χ1n) is 2.93. The van der Waals surface area contributed by atoms with Gasteiger partial charge in [0.05, 0.1) is 6.26 Å². The van der Waals surface area contributed by atoms with E-state index < -0.39 is 10.0 Å². The van der Waals surface area contributed by atoms with Crippen LogP contribution in [-0.4, -0.2) is 23.9 Å². The van der Waals surface area contributed by atoms with E-state index in [2.05, 4.69) is 5.10 Å². The summed E-state index contributed by atoms with van der Waals surface area (Å²) >= 11 is 0. The summed E-state index contributed by atoms with van der Waals surface area (Å²) < 4.78 is 22.5. The van der Waals surface area contributed by atoms with Gasteiger partial charge in [-0.15, -0.1) is 5.10 Å². The Hall–Kier alpha value is -1.04. The van der Waals surface area contributed by atoms with Gasteiger partial charge in [0.1, 0.15) is 5.82 Å². The van der Waals surface area contributed by atoms with Crippen molar-refractivity contribution in [3.05, 3.63) is 11.8 Å². The molecule has 0 atom stereocenters. The van der Waals surface area contributed by atoms with Crippen molar-refractivity contribution in [2.75, 3.05) is 12.0 Å². The summed E-state index contributed by atoms with van der Waals surface area (Å²) in [5.74, 6) is 0.246. The van der Waals surface area contributed by atoms with Crippen LogP contribution < -0.4 is 5.73 Å². The Labute approximate surface area is 64.9 Å². The van der Waals surface area contributed by atoms with E-state index in [9.17, 15) is 8.42 Å². The average molecular weight is 175 g/mol. The fourth-order valence-electron chi connectivity index (χ4n) is 0.616. The molecule has 0 radical (unpaired) electrons. The number of nitrogens with zero attached hydrogens (tertiary/aromatic N) is 2. The summed E-state index contributed by atoms with van der Waals surface area (Å²) in [6, 6.07) is 0. The molecule has 0 aromatic carbocycles. The number of rotatable bonds is 1. The lowest BCUT2D eigenvalue weighted by atomic mass is 10.4. The molecule has 0 spiro atoms. The molecule has 0 amide bonds. The molecule has 0 aliphatic heterocycles. The fraction of sp³-hybridized carbons (Fsp3) is 0.400. The van der Waals surface area contributed by atoms with Crippen LogP contribution in [0.25, 0.3) is 0 Å². The molecule has 1 rings (SSSR count). The van der Waals surface area contributed by atoms with Crippen molar-refractivity contribution < 1.29 is 8.42 Å². The summed E-state index contributed by atoms with van der Waals surface area (Å²) in [5.41, 5.74) is 6.00. The van der Waals surface area contributed by atoms with Gasteiger partial charge < -0.3 is 5.73 Å². The van der Waals surface area contributed by atoms with Gasteiger partial charge in [0.15, 0.2) is 0 Å². The third-order valence-electron chi connectivity index (χ3n) is 1.25. The molecule has 0 saturated carbocycles. The van der Waals surface area contributed by atoms with Gasteiger partial charge in [-0.1, -0.05) is 0 Å². The fourth-order valence-corrected chi connectivity index (χ4v) is 1.20. The molecule has 0 saturated heterocycles. The topological polar surface area (TPSA) is 78.0 Å². The Kier molecular flexibility index (Phi) is 1.63. The second-order valence-electron chi connectivity index (χ2n) is 2.33. The largest absolute Gasteiger partial charge is 0.382 e. The van der Waals surface area contributed by atoms with Gasteiger partial charge in [0.25, 0.3) is 10.0 Å². The lowest BCUT2D eigenvalue weighted by molar-refractivity contribution is 0.586. The van der Waals surface area contributed by atoms with Crippen LogP contribution in [0, 0.1) is 6.92 Å². The first-order chi connectivity index (χ1) is 4.91. The SMILES string of the molecule is Cc1cn(S(C)(=O)=O)nc1N. The molecule has 0 fully saturated rings. The summed E-state index contributed by atoms with van der Waals surface area (Å²) in [4.78, 5) is 0. The standard InChI is InChI=1S/C5H9N3O2S/c1-4-3-8(7-5(4)6)11(2,9)10/h3H,1-2H3,(H2,6,7). The Morgan fingerprint density at radius 2 is 2.18 bits per heavy atom. The molecule has 2 N–H and O–H groups in total. The van der Waals surface area contributed by atoms with Crippen LogP contribution >= 0.6 is 0 Å². The molecular formula is C5H9N3O2S. The minimum atomic E-state index is -3.28. The maximum atomic E-state index is 10.8. The van der Waals surface area contributed by atoms with Crippen molar-refractivity contribution in [1.29, 1.82) is 0 Å². The molecule has 0 aliphatic rings. The highest BCUT2D eigenvalue weighted by molar-refractivity contribution is 7.89. The molecule has 11 heavy (non-hydrogen) atoms. The molecule has 62 valence electrons. The summed E-state index contributed by atoms with van der Waals surface area (Å²) in [5, 5.41) is 3.59. The molecule has 0 unspecified atom stereocenters. The minimum absolute atomic E-state index is 0.246. The van der Waals surface area contributed by atoms with E-state index >= 15 is 0 Å². The number of nitrogen functional groups attached to an aromatic ring is 1. The van der Waals surface area contributed by atoms with E-state index in [1.54, 1.807) is 6.92 Å². The average Bonchev–Trinajstić information content (AvgIpc) is 2.11. The second kappa shape index (κ2) is 2.23. The molecule has 1 aromatic rings. The summed E-state index contributed by atoms with van der Waals surface area (Å²) in [7, 11) is -3.28. The third kappa shape index (κ3) is 1.51. The second-order valence-corrected chi connectivity index (χ2v) is 4.17. The zero-order chi connectivity index (χ0) is 8.65. The maximum absolute atomic E-state index is 10.8. The van der Waals surface area contributed by atoms with E-state index in [-0.39, 0.29) is 5.82 Å². The normalized spacial score (nSPS) is 11.8. The van der Waals surface area contributed by atoms with Crippen LogP contribution in [0.15, 0.2) is 6.20 Å². The smallest absolute Gasteiger partial charge is 0.250 e. The van der Waals surface area contributed by atoms with Gasteiger partial charge >= 0.3 is 0 Å². The zero-order valence-corrected chi connectivity index (χ0v) is 7.09. The van der Waals surface area contributed by atoms with Crippen molar-refractivity contribution in [3.8, 4) is 0 Å². The number of hydrogen-bond donors (Lipinski definition) is 1. The quantitative estimate of drug-likeness (QED) is 0.629. The van der Waals surface area contributed by atoms with E-state index in [1.807, 2.05) is 0 Å². The Bertz CT molecular complexity index is 346. The predicted octanol–water partition coefficient (Wildman–Crippen LogP) is -0.419. The van der Waals surface area contributed by atoms with E-state index in [1.165, 1.54) is 6.20 Å². The monoisotopic (exact) mass is 175 g/mol.